The van der Waals surface area contributed by atoms with Crippen molar-refractivity contribution < 1.29 is 41.7 Å². The Balaban J connectivity index is 2.02. The number of hydrogen-bond donors (Lipinski definition) is 0. The van der Waals surface area contributed by atoms with Gasteiger partial charge >= 0.3 is 18.1 Å². The lowest BCUT2D eigenvalue weighted by atomic mass is 10.1. The summed E-state index contributed by atoms with van der Waals surface area (Å²) < 4.78 is 59.3. The van der Waals surface area contributed by atoms with Gasteiger partial charge in [0.2, 0.25) is 0 Å². The molecule has 0 aromatic rings. The van der Waals surface area contributed by atoms with E-state index in [1.807, 2.05) is 0 Å². The molecule has 0 N–H and O–H groups in total. The highest BCUT2D eigenvalue weighted by atomic mass is 19.4. The van der Waals surface area contributed by atoms with Gasteiger partial charge in [-0.05, 0) is 13.8 Å². The Morgan fingerprint density at radius 3 is 2.46 bits per heavy atom. The van der Waals surface area contributed by atoms with Crippen LogP contribution >= 0.6 is 0 Å². The molecule has 2 saturated heterocycles. The van der Waals surface area contributed by atoms with Gasteiger partial charge in [0, 0.05) is 20.4 Å². The highest BCUT2D eigenvalue weighted by Crippen LogP contribution is 2.38. The summed E-state index contributed by atoms with van der Waals surface area (Å²) in [4.78, 5) is 23.0. The third-order valence-corrected chi connectivity index (χ3v) is 3.69. The Labute approximate surface area is 137 Å². The van der Waals surface area contributed by atoms with E-state index in [9.17, 15) is 22.8 Å². The fourth-order valence-corrected chi connectivity index (χ4v) is 2.79. The Bertz CT molecular complexity index is 493. The Morgan fingerprint density at radius 1 is 1.33 bits per heavy atom. The van der Waals surface area contributed by atoms with Crippen LogP contribution in [0.2, 0.25) is 0 Å². The first-order valence-electron chi connectivity index (χ1n) is 7.39. The minimum Gasteiger partial charge on any atom is -0.458 e. The first kappa shape index (κ1) is 18.9. The third kappa shape index (κ3) is 4.37. The highest BCUT2D eigenvalue weighted by Gasteiger charge is 2.51. The molecule has 2 heterocycles. The predicted octanol–water partition coefficient (Wildman–Crippen LogP) is 1.21. The van der Waals surface area contributed by atoms with E-state index >= 15 is 0 Å². The molecule has 2 rings (SSSR count). The molecule has 2 aliphatic rings. The zero-order valence-electron chi connectivity index (χ0n) is 13.8. The van der Waals surface area contributed by atoms with Crippen LogP contribution in [0.1, 0.15) is 27.2 Å². The van der Waals surface area contributed by atoms with Crippen LogP contribution < -0.4 is 0 Å². The van der Waals surface area contributed by atoms with Gasteiger partial charge in [-0.2, -0.15) is 13.2 Å². The normalized spacial score (nSPS) is 29.9. The van der Waals surface area contributed by atoms with E-state index in [1.165, 1.54) is 0 Å². The number of nitrogens with zero attached hydrogens (tertiary/aromatic N) is 1. The maximum atomic E-state index is 12.5. The van der Waals surface area contributed by atoms with Crippen molar-refractivity contribution in [2.45, 2.75) is 63.8 Å². The van der Waals surface area contributed by atoms with Crippen LogP contribution in [0.5, 0.6) is 0 Å². The predicted molar refractivity (Wildman–Crippen MR) is 72.6 cm³/mol. The van der Waals surface area contributed by atoms with Gasteiger partial charge in [0.15, 0.2) is 12.1 Å². The molecule has 10 heteroatoms. The second kappa shape index (κ2) is 6.49. The molecule has 0 radical (unpaired) electrons. The number of carbonyl (C=O) groups is 2. The number of fused-ring (bicyclic) bond motifs is 1. The number of amides is 1. The van der Waals surface area contributed by atoms with E-state index in [2.05, 4.69) is 0 Å². The van der Waals surface area contributed by atoms with Gasteiger partial charge in [-0.25, -0.2) is 0 Å². The Kier molecular flexibility index (Phi) is 5.12. The van der Waals surface area contributed by atoms with Crippen molar-refractivity contribution in [3.63, 3.8) is 0 Å². The number of alkyl halides is 3. The average molecular weight is 355 g/mol. The van der Waals surface area contributed by atoms with Gasteiger partial charge in [0.05, 0.1) is 6.54 Å². The number of halogens is 3. The van der Waals surface area contributed by atoms with E-state index < -0.39 is 55.0 Å². The molecule has 2 fully saturated rings. The molecule has 2 aliphatic heterocycles. The van der Waals surface area contributed by atoms with Crippen LogP contribution in [0, 0.1) is 0 Å². The third-order valence-electron chi connectivity index (χ3n) is 3.69. The topological polar surface area (TPSA) is 74.3 Å². The zero-order chi connectivity index (χ0) is 18.3. The minimum absolute atomic E-state index is 0.278. The van der Waals surface area contributed by atoms with Gasteiger partial charge in [0.1, 0.15) is 18.3 Å². The molecule has 1 amide bonds. The maximum absolute atomic E-state index is 12.5. The van der Waals surface area contributed by atoms with Crippen molar-refractivity contribution >= 4 is 11.9 Å². The number of ether oxygens (including phenoxy) is 4. The summed E-state index contributed by atoms with van der Waals surface area (Å²) in [5, 5.41) is 0. The molecule has 0 aliphatic carbocycles. The summed E-state index contributed by atoms with van der Waals surface area (Å²) in [5.74, 6) is -3.53. The van der Waals surface area contributed by atoms with Gasteiger partial charge in [-0.3, -0.25) is 9.59 Å². The number of esters is 1. The van der Waals surface area contributed by atoms with Crippen LogP contribution in [-0.4, -0.2) is 66.9 Å². The number of rotatable bonds is 4. The van der Waals surface area contributed by atoms with Crippen LogP contribution in [0.15, 0.2) is 0 Å². The Hall–Kier alpha value is -1.39. The van der Waals surface area contributed by atoms with Crippen LogP contribution in [0.3, 0.4) is 0 Å². The summed E-state index contributed by atoms with van der Waals surface area (Å²) >= 11 is 0. The molecule has 0 aromatic carbocycles. The second-order valence-corrected chi connectivity index (χ2v) is 6.28. The maximum Gasteiger partial charge on any atom is 0.471 e. The van der Waals surface area contributed by atoms with Gasteiger partial charge in [-0.1, -0.05) is 0 Å². The molecule has 138 valence electrons. The molecule has 7 nitrogen and oxygen atoms in total. The second-order valence-electron chi connectivity index (χ2n) is 6.28. The van der Waals surface area contributed by atoms with Crippen molar-refractivity contribution in [2.24, 2.45) is 0 Å². The SMILES string of the molecule is CC(=O)O[C@@H](CN(C)C(=O)C(F)(F)F)[C@@H]1C[C@H]2OC(C)(C)O[C@H]2O1. The molecule has 0 aromatic heterocycles. The molecular formula is C14H20F3NO6. The molecular weight excluding hydrogens is 335 g/mol. The van der Waals surface area contributed by atoms with Crippen molar-refractivity contribution in [3.05, 3.63) is 0 Å². The minimum atomic E-state index is -5.00. The monoisotopic (exact) mass is 355 g/mol. The first-order chi connectivity index (χ1) is 10.9. The van der Waals surface area contributed by atoms with Crippen LogP contribution in [-0.2, 0) is 28.5 Å². The molecule has 24 heavy (non-hydrogen) atoms. The molecule has 0 bridgehead atoms. The zero-order valence-corrected chi connectivity index (χ0v) is 13.8. The molecule has 0 unspecified atom stereocenters. The standard InChI is InChI=1S/C14H20F3NO6/c1-7(19)21-10(6-18(4)12(20)14(15,16)17)8-5-9-11(22-8)24-13(2,3)23-9/h8-11H,5-6H2,1-4H3/t8-,9+,10-,11+/m0/s1. The summed E-state index contributed by atoms with van der Waals surface area (Å²) in [7, 11) is 0.984. The first-order valence-corrected chi connectivity index (χ1v) is 7.39. The van der Waals surface area contributed by atoms with Gasteiger partial charge < -0.3 is 23.8 Å². The number of likely N-dealkylation sites (N-methyl/N-ethyl adjacent to an activating group) is 1. The fraction of sp³-hybridized carbons (Fsp3) is 0.857. The highest BCUT2D eigenvalue weighted by molar-refractivity contribution is 5.81. The van der Waals surface area contributed by atoms with Crippen molar-refractivity contribution in [3.8, 4) is 0 Å². The fourth-order valence-electron chi connectivity index (χ4n) is 2.79. The summed E-state index contributed by atoms with van der Waals surface area (Å²) in [6, 6.07) is 0. The molecule has 0 spiro atoms. The quantitative estimate of drug-likeness (QED) is 0.706. The van der Waals surface area contributed by atoms with Gasteiger partial charge in [0.25, 0.3) is 0 Å². The van der Waals surface area contributed by atoms with E-state index in [-0.39, 0.29) is 6.42 Å². The average Bonchev–Trinajstić information content (AvgIpc) is 2.88. The van der Waals surface area contributed by atoms with E-state index in [4.69, 9.17) is 18.9 Å². The van der Waals surface area contributed by atoms with Crippen molar-refractivity contribution in [1.29, 1.82) is 0 Å². The lowest BCUT2D eigenvalue weighted by Gasteiger charge is -2.29. The van der Waals surface area contributed by atoms with Gasteiger partial charge in [-0.15, -0.1) is 0 Å². The van der Waals surface area contributed by atoms with Crippen molar-refractivity contribution in [2.75, 3.05) is 13.6 Å². The molecule has 4 atom stereocenters. The largest absolute Gasteiger partial charge is 0.471 e. The lowest BCUT2D eigenvalue weighted by molar-refractivity contribution is -0.219. The van der Waals surface area contributed by atoms with Crippen LogP contribution in [0.25, 0.3) is 0 Å². The van der Waals surface area contributed by atoms with E-state index in [0.29, 0.717) is 4.90 Å². The Morgan fingerprint density at radius 2 is 1.96 bits per heavy atom. The molecule has 0 saturated carbocycles. The van der Waals surface area contributed by atoms with Crippen molar-refractivity contribution in [1.82, 2.24) is 4.90 Å². The smallest absolute Gasteiger partial charge is 0.458 e. The summed E-state index contributed by atoms with van der Waals surface area (Å²) in [5.41, 5.74) is 0. The van der Waals surface area contributed by atoms with E-state index in [0.717, 1.165) is 14.0 Å². The number of carbonyl (C=O) groups excluding carboxylic acids is 2. The number of hydrogen-bond acceptors (Lipinski definition) is 6. The van der Waals surface area contributed by atoms with E-state index in [1.54, 1.807) is 13.8 Å². The van der Waals surface area contributed by atoms with Crippen LogP contribution in [0.4, 0.5) is 13.2 Å². The summed E-state index contributed by atoms with van der Waals surface area (Å²) in [6.07, 6.45) is -7.61. The lowest BCUT2D eigenvalue weighted by Crippen LogP contribution is -2.47. The summed E-state index contributed by atoms with van der Waals surface area (Å²) in [6.45, 7) is 4.10.